The van der Waals surface area contributed by atoms with Crippen LogP contribution in [0.1, 0.15) is 16.1 Å². The minimum atomic E-state index is -0.672. The van der Waals surface area contributed by atoms with Gasteiger partial charge in [-0.05, 0) is 18.2 Å². The van der Waals surface area contributed by atoms with Crippen LogP contribution in [0.3, 0.4) is 0 Å². The van der Waals surface area contributed by atoms with Gasteiger partial charge in [0.2, 0.25) is 0 Å². The Balaban J connectivity index is 1.88. The lowest BCUT2D eigenvalue weighted by molar-refractivity contribution is 0.0993. The van der Waals surface area contributed by atoms with Gasteiger partial charge in [-0.15, -0.1) is 0 Å². The second-order valence-corrected chi connectivity index (χ2v) is 4.71. The lowest BCUT2D eigenvalue weighted by atomic mass is 10.3. The molecule has 0 aliphatic rings. The molecule has 2 N–H and O–H groups in total. The number of para-hydroxylation sites is 1. The molecular formula is C15H13N5O2. The molecule has 7 nitrogen and oxygen atoms in total. The predicted octanol–water partition coefficient (Wildman–Crippen LogP) is 0.576. The second-order valence-electron chi connectivity index (χ2n) is 4.71. The normalized spacial score (nSPS) is 10.5. The first-order valence-corrected chi connectivity index (χ1v) is 6.60. The van der Waals surface area contributed by atoms with Crippen LogP contribution in [-0.4, -0.2) is 25.5 Å². The average molecular weight is 295 g/mol. The molecular weight excluding hydrogens is 282 g/mol. The highest BCUT2D eigenvalue weighted by Gasteiger charge is 2.07. The van der Waals surface area contributed by atoms with Gasteiger partial charge in [-0.25, -0.2) is 9.36 Å². The zero-order valence-corrected chi connectivity index (χ0v) is 11.6. The molecule has 0 fully saturated rings. The third kappa shape index (κ3) is 2.78. The average Bonchev–Trinajstić information content (AvgIpc) is 2.99. The van der Waals surface area contributed by atoms with Crippen LogP contribution in [0, 0.1) is 0 Å². The summed E-state index contributed by atoms with van der Waals surface area (Å²) < 4.78 is 2.89. The van der Waals surface area contributed by atoms with E-state index < -0.39 is 5.91 Å². The fraction of sp³-hybridized carbons (Fsp3) is 0.0667. The van der Waals surface area contributed by atoms with Crippen LogP contribution >= 0.6 is 0 Å². The first-order valence-electron chi connectivity index (χ1n) is 6.60. The molecule has 0 spiro atoms. The Labute approximate surface area is 125 Å². The third-order valence-corrected chi connectivity index (χ3v) is 3.11. The van der Waals surface area contributed by atoms with Gasteiger partial charge in [-0.1, -0.05) is 18.2 Å². The summed E-state index contributed by atoms with van der Waals surface area (Å²) in [6, 6.07) is 12.2. The van der Waals surface area contributed by atoms with E-state index in [1.54, 1.807) is 17.1 Å². The smallest absolute Gasteiger partial charge is 0.269 e. The minimum absolute atomic E-state index is 0.0510. The van der Waals surface area contributed by atoms with Crippen molar-refractivity contribution >= 4 is 5.91 Å². The molecule has 0 aliphatic heterocycles. The maximum atomic E-state index is 11.8. The summed E-state index contributed by atoms with van der Waals surface area (Å²) in [5.41, 5.74) is 6.62. The molecule has 0 atom stereocenters. The standard InChI is InChI=1S/C15H13N5O2/c16-15(22)13-6-7-14(21)20(18-13)10-11-8-17-19(9-11)12-4-2-1-3-5-12/h1-9H,10H2,(H2,16,22). The molecule has 2 aromatic heterocycles. The lowest BCUT2D eigenvalue weighted by Gasteiger charge is -2.03. The van der Waals surface area contributed by atoms with Crippen molar-refractivity contribution in [2.75, 3.05) is 0 Å². The highest BCUT2D eigenvalue weighted by Crippen LogP contribution is 2.08. The highest BCUT2D eigenvalue weighted by atomic mass is 16.1. The number of nitrogens with zero attached hydrogens (tertiary/aromatic N) is 4. The van der Waals surface area contributed by atoms with E-state index >= 15 is 0 Å². The Hall–Kier alpha value is -3.22. The Kier molecular flexibility index (Phi) is 3.53. The van der Waals surface area contributed by atoms with E-state index in [0.717, 1.165) is 11.3 Å². The van der Waals surface area contributed by atoms with Crippen molar-refractivity contribution in [2.45, 2.75) is 6.54 Å². The number of aromatic nitrogens is 4. The van der Waals surface area contributed by atoms with Crippen LogP contribution in [-0.2, 0) is 6.54 Å². The quantitative estimate of drug-likeness (QED) is 0.761. The molecule has 0 aliphatic carbocycles. The van der Waals surface area contributed by atoms with Crippen molar-refractivity contribution in [3.8, 4) is 5.69 Å². The number of rotatable bonds is 4. The van der Waals surface area contributed by atoms with Crippen LogP contribution < -0.4 is 11.3 Å². The van der Waals surface area contributed by atoms with Crippen molar-refractivity contribution in [1.29, 1.82) is 0 Å². The first-order chi connectivity index (χ1) is 10.6. The molecule has 22 heavy (non-hydrogen) atoms. The zero-order chi connectivity index (χ0) is 15.5. The van der Waals surface area contributed by atoms with Crippen LogP contribution in [0.2, 0.25) is 0 Å². The van der Waals surface area contributed by atoms with Crippen LogP contribution in [0.5, 0.6) is 0 Å². The zero-order valence-electron chi connectivity index (χ0n) is 11.6. The van der Waals surface area contributed by atoms with Gasteiger partial charge in [0.15, 0.2) is 0 Å². The number of amides is 1. The maximum absolute atomic E-state index is 11.8. The van der Waals surface area contributed by atoms with E-state index in [4.69, 9.17) is 5.73 Å². The summed E-state index contributed by atoms with van der Waals surface area (Å²) in [6.07, 6.45) is 3.46. The van der Waals surface area contributed by atoms with Gasteiger partial charge in [0, 0.05) is 17.8 Å². The van der Waals surface area contributed by atoms with Gasteiger partial charge in [0.1, 0.15) is 5.69 Å². The summed E-state index contributed by atoms with van der Waals surface area (Å²) in [5.74, 6) is -0.672. The summed E-state index contributed by atoms with van der Waals surface area (Å²) in [6.45, 7) is 0.215. The van der Waals surface area contributed by atoms with Crippen LogP contribution in [0.15, 0.2) is 59.7 Å². The third-order valence-electron chi connectivity index (χ3n) is 3.11. The van der Waals surface area contributed by atoms with Crippen molar-refractivity contribution in [3.05, 3.63) is 76.5 Å². The number of primary amides is 1. The number of hydrogen-bond acceptors (Lipinski definition) is 4. The minimum Gasteiger partial charge on any atom is -0.364 e. The number of carbonyl (C=O) groups is 1. The molecule has 0 saturated heterocycles. The fourth-order valence-electron chi connectivity index (χ4n) is 2.03. The molecule has 0 bridgehead atoms. The summed E-state index contributed by atoms with van der Waals surface area (Å²) >= 11 is 0. The topological polar surface area (TPSA) is 95.8 Å². The number of nitrogens with two attached hydrogens (primary N) is 1. The Morgan fingerprint density at radius 2 is 1.91 bits per heavy atom. The summed E-state index contributed by atoms with van der Waals surface area (Å²) in [7, 11) is 0. The van der Waals surface area contributed by atoms with E-state index in [1.807, 2.05) is 30.3 Å². The molecule has 1 amide bonds. The molecule has 110 valence electrons. The predicted molar refractivity (Wildman–Crippen MR) is 79.7 cm³/mol. The van der Waals surface area contributed by atoms with Gasteiger partial charge in [0.25, 0.3) is 11.5 Å². The van der Waals surface area contributed by atoms with E-state index in [0.29, 0.717) is 0 Å². The fourth-order valence-corrected chi connectivity index (χ4v) is 2.03. The molecule has 0 radical (unpaired) electrons. The van der Waals surface area contributed by atoms with Gasteiger partial charge in [-0.3, -0.25) is 9.59 Å². The summed E-state index contributed by atoms with van der Waals surface area (Å²) in [5, 5.41) is 8.19. The number of hydrogen-bond donors (Lipinski definition) is 1. The summed E-state index contributed by atoms with van der Waals surface area (Å²) in [4.78, 5) is 22.9. The largest absolute Gasteiger partial charge is 0.364 e. The van der Waals surface area contributed by atoms with Crippen molar-refractivity contribution in [3.63, 3.8) is 0 Å². The maximum Gasteiger partial charge on any atom is 0.269 e. The van der Waals surface area contributed by atoms with E-state index in [2.05, 4.69) is 10.2 Å². The molecule has 3 rings (SSSR count). The van der Waals surface area contributed by atoms with Gasteiger partial charge in [0.05, 0.1) is 18.4 Å². The van der Waals surface area contributed by atoms with Gasteiger partial charge in [-0.2, -0.15) is 10.2 Å². The van der Waals surface area contributed by atoms with Crippen molar-refractivity contribution < 1.29 is 4.79 Å². The number of carbonyl (C=O) groups excluding carboxylic acids is 1. The molecule has 0 saturated carbocycles. The SMILES string of the molecule is NC(=O)c1ccc(=O)n(Cc2cnn(-c3ccccc3)c2)n1. The van der Waals surface area contributed by atoms with Crippen molar-refractivity contribution in [1.82, 2.24) is 19.6 Å². The van der Waals surface area contributed by atoms with Gasteiger partial charge < -0.3 is 5.73 Å². The van der Waals surface area contributed by atoms with Crippen molar-refractivity contribution in [2.24, 2.45) is 5.73 Å². The Morgan fingerprint density at radius 3 is 2.64 bits per heavy atom. The monoisotopic (exact) mass is 295 g/mol. The number of benzene rings is 1. The Bertz CT molecular complexity index is 867. The van der Waals surface area contributed by atoms with Crippen LogP contribution in [0.25, 0.3) is 5.69 Å². The Morgan fingerprint density at radius 1 is 1.14 bits per heavy atom. The molecule has 2 heterocycles. The molecule has 7 heteroatoms. The van der Waals surface area contributed by atoms with E-state index in [1.165, 1.54) is 16.8 Å². The van der Waals surface area contributed by atoms with E-state index in [9.17, 15) is 9.59 Å². The highest BCUT2D eigenvalue weighted by molar-refractivity contribution is 5.90. The lowest BCUT2D eigenvalue weighted by Crippen LogP contribution is -2.26. The molecule has 1 aromatic carbocycles. The van der Waals surface area contributed by atoms with Gasteiger partial charge >= 0.3 is 0 Å². The first kappa shape index (κ1) is 13.7. The second kappa shape index (κ2) is 5.65. The van der Waals surface area contributed by atoms with E-state index in [-0.39, 0.29) is 17.8 Å². The molecule has 3 aromatic rings. The molecule has 0 unspecified atom stereocenters. The van der Waals surface area contributed by atoms with Crippen LogP contribution in [0.4, 0.5) is 0 Å².